The molecule has 0 unspecified atom stereocenters. The van der Waals surface area contributed by atoms with Gasteiger partial charge in [-0.1, -0.05) is 29.3 Å². The minimum Gasteiger partial charge on any atom is -0.380 e. The first-order chi connectivity index (χ1) is 8.58. The minimum atomic E-state index is -0.322. The van der Waals surface area contributed by atoms with E-state index < -0.39 is 0 Å². The topological polar surface area (TPSA) is 12.0 Å². The van der Waals surface area contributed by atoms with Gasteiger partial charge in [-0.3, -0.25) is 0 Å². The molecule has 0 aliphatic rings. The van der Waals surface area contributed by atoms with Gasteiger partial charge in [0.05, 0.1) is 10.7 Å². The zero-order valence-corrected chi connectivity index (χ0v) is 12.9. The predicted octanol–water partition coefficient (Wildman–Crippen LogP) is 5.35. The molecule has 1 nitrogen and oxygen atoms in total. The van der Waals surface area contributed by atoms with Crippen molar-refractivity contribution in [2.45, 2.75) is 6.54 Å². The van der Waals surface area contributed by atoms with Crippen LogP contribution in [0.4, 0.5) is 10.1 Å². The Morgan fingerprint density at radius 1 is 1.11 bits per heavy atom. The summed E-state index contributed by atoms with van der Waals surface area (Å²) in [6, 6.07) is 10.2. The quantitative estimate of drug-likeness (QED) is 0.690. The van der Waals surface area contributed by atoms with E-state index in [0.717, 1.165) is 9.26 Å². The monoisotopic (exact) mass is 395 g/mol. The van der Waals surface area contributed by atoms with E-state index in [1.807, 2.05) is 12.1 Å². The average Bonchev–Trinajstić information content (AvgIpc) is 2.33. The van der Waals surface area contributed by atoms with E-state index in [4.69, 9.17) is 23.2 Å². The Hall–Kier alpha value is -0.520. The van der Waals surface area contributed by atoms with E-state index in [1.54, 1.807) is 18.2 Å². The fraction of sp³-hybridized carbons (Fsp3) is 0.0769. The molecule has 2 aromatic rings. The molecule has 0 spiro atoms. The van der Waals surface area contributed by atoms with Crippen molar-refractivity contribution in [3.05, 3.63) is 61.4 Å². The molecule has 0 saturated heterocycles. The first-order valence-electron chi connectivity index (χ1n) is 5.20. The van der Waals surface area contributed by atoms with Crippen LogP contribution < -0.4 is 5.32 Å². The lowest BCUT2D eigenvalue weighted by molar-refractivity contribution is 0.613. The van der Waals surface area contributed by atoms with Crippen LogP contribution in [0.3, 0.4) is 0 Å². The molecule has 5 heteroatoms. The first kappa shape index (κ1) is 13.9. The molecule has 2 aromatic carbocycles. The van der Waals surface area contributed by atoms with Crippen LogP contribution in [0.2, 0.25) is 10.0 Å². The zero-order valence-electron chi connectivity index (χ0n) is 9.18. The largest absolute Gasteiger partial charge is 0.380 e. The third-order valence-electron chi connectivity index (χ3n) is 2.45. The van der Waals surface area contributed by atoms with E-state index >= 15 is 0 Å². The summed E-state index contributed by atoms with van der Waals surface area (Å²) in [7, 11) is 0. The van der Waals surface area contributed by atoms with Gasteiger partial charge >= 0.3 is 0 Å². The van der Waals surface area contributed by atoms with Crippen molar-refractivity contribution < 1.29 is 4.39 Å². The number of benzene rings is 2. The van der Waals surface area contributed by atoms with Gasteiger partial charge in [-0.05, 0) is 52.9 Å². The maximum Gasteiger partial charge on any atom is 0.129 e. The lowest BCUT2D eigenvalue weighted by atomic mass is 10.2. The smallest absolute Gasteiger partial charge is 0.129 e. The highest BCUT2D eigenvalue weighted by Gasteiger charge is 2.07. The lowest BCUT2D eigenvalue weighted by Gasteiger charge is -2.10. The van der Waals surface area contributed by atoms with Crippen molar-refractivity contribution in [3.63, 3.8) is 0 Å². The minimum absolute atomic E-state index is 0.297. The second-order valence-corrected chi connectivity index (χ2v) is 5.74. The standard InChI is InChI=1S/C13H9Cl2FIN/c14-10-2-1-3-12(16)9(10)7-18-13-6-8(17)4-5-11(13)15/h1-6,18H,7H2. The molecule has 0 bridgehead atoms. The van der Waals surface area contributed by atoms with Gasteiger partial charge in [-0.15, -0.1) is 0 Å². The third-order valence-corrected chi connectivity index (χ3v) is 3.80. The number of hydrogen-bond donors (Lipinski definition) is 1. The van der Waals surface area contributed by atoms with Gasteiger partial charge in [-0.2, -0.15) is 0 Å². The van der Waals surface area contributed by atoms with Crippen molar-refractivity contribution in [2.75, 3.05) is 5.32 Å². The summed E-state index contributed by atoms with van der Waals surface area (Å²) < 4.78 is 14.6. The van der Waals surface area contributed by atoms with Gasteiger partial charge in [0.15, 0.2) is 0 Å². The summed E-state index contributed by atoms with van der Waals surface area (Å²) in [5.41, 5.74) is 1.21. The maximum atomic E-state index is 13.6. The van der Waals surface area contributed by atoms with Crippen LogP contribution in [0, 0.1) is 9.39 Å². The van der Waals surface area contributed by atoms with E-state index in [0.29, 0.717) is 22.2 Å². The Morgan fingerprint density at radius 3 is 2.61 bits per heavy atom. The fourth-order valence-corrected chi connectivity index (χ4v) is 2.42. The van der Waals surface area contributed by atoms with Crippen LogP contribution in [0.25, 0.3) is 0 Å². The summed E-state index contributed by atoms with van der Waals surface area (Å²) in [5.74, 6) is -0.322. The van der Waals surface area contributed by atoms with Crippen molar-refractivity contribution in [1.82, 2.24) is 0 Å². The highest BCUT2D eigenvalue weighted by atomic mass is 127. The Bertz CT molecular complexity index is 555. The Morgan fingerprint density at radius 2 is 1.89 bits per heavy atom. The van der Waals surface area contributed by atoms with Crippen molar-refractivity contribution in [1.29, 1.82) is 0 Å². The van der Waals surface area contributed by atoms with E-state index in [1.165, 1.54) is 6.07 Å². The van der Waals surface area contributed by atoms with Crippen molar-refractivity contribution >= 4 is 51.5 Å². The number of hydrogen-bond acceptors (Lipinski definition) is 1. The zero-order chi connectivity index (χ0) is 13.1. The second-order valence-electron chi connectivity index (χ2n) is 3.68. The molecule has 0 fully saturated rings. The number of rotatable bonds is 3. The molecule has 0 amide bonds. The molecule has 1 N–H and O–H groups in total. The molecule has 0 saturated carbocycles. The number of anilines is 1. The SMILES string of the molecule is Fc1cccc(Cl)c1CNc1cc(I)ccc1Cl. The Balaban J connectivity index is 2.19. The maximum absolute atomic E-state index is 13.6. The summed E-state index contributed by atoms with van der Waals surface area (Å²) in [6.45, 7) is 0.297. The Kier molecular flexibility index (Phi) is 4.70. The summed E-state index contributed by atoms with van der Waals surface area (Å²) in [4.78, 5) is 0. The van der Waals surface area contributed by atoms with E-state index in [-0.39, 0.29) is 5.82 Å². The molecule has 0 radical (unpaired) electrons. The molecule has 2 rings (SSSR count). The molecular weight excluding hydrogens is 387 g/mol. The van der Waals surface area contributed by atoms with Gasteiger partial charge in [0.1, 0.15) is 5.82 Å². The lowest BCUT2D eigenvalue weighted by Crippen LogP contribution is -2.03. The predicted molar refractivity (Wildman–Crippen MR) is 82.9 cm³/mol. The number of halogens is 4. The molecule has 0 aliphatic carbocycles. The normalized spacial score (nSPS) is 10.4. The van der Waals surface area contributed by atoms with Gasteiger partial charge < -0.3 is 5.32 Å². The van der Waals surface area contributed by atoms with Gasteiger partial charge in [0.2, 0.25) is 0 Å². The molecule has 0 atom stereocenters. The third kappa shape index (κ3) is 3.28. The molecule has 94 valence electrons. The molecule has 0 aliphatic heterocycles. The van der Waals surface area contributed by atoms with Gasteiger partial charge in [-0.25, -0.2) is 4.39 Å². The summed E-state index contributed by atoms with van der Waals surface area (Å²) in [5, 5.41) is 4.10. The molecular formula is C13H9Cl2FIN. The van der Waals surface area contributed by atoms with Crippen LogP contribution in [0.1, 0.15) is 5.56 Å². The summed E-state index contributed by atoms with van der Waals surface area (Å²) >= 11 is 14.2. The molecule has 18 heavy (non-hydrogen) atoms. The van der Waals surface area contributed by atoms with Crippen molar-refractivity contribution in [2.24, 2.45) is 0 Å². The van der Waals surface area contributed by atoms with E-state index in [9.17, 15) is 4.39 Å². The Labute approximate surface area is 128 Å². The van der Waals surface area contributed by atoms with Crippen LogP contribution in [-0.2, 0) is 6.54 Å². The fourth-order valence-electron chi connectivity index (χ4n) is 1.52. The second kappa shape index (κ2) is 6.08. The van der Waals surface area contributed by atoms with E-state index in [2.05, 4.69) is 27.9 Å². The first-order valence-corrected chi connectivity index (χ1v) is 7.03. The van der Waals surface area contributed by atoms with Crippen LogP contribution >= 0.6 is 45.8 Å². The average molecular weight is 396 g/mol. The van der Waals surface area contributed by atoms with Crippen molar-refractivity contribution in [3.8, 4) is 0 Å². The number of nitrogens with one attached hydrogen (secondary N) is 1. The van der Waals surface area contributed by atoms with Crippen LogP contribution in [0.15, 0.2) is 36.4 Å². The van der Waals surface area contributed by atoms with Crippen LogP contribution in [-0.4, -0.2) is 0 Å². The molecule has 0 heterocycles. The van der Waals surface area contributed by atoms with Gasteiger partial charge in [0.25, 0.3) is 0 Å². The van der Waals surface area contributed by atoms with Gasteiger partial charge in [0, 0.05) is 20.7 Å². The van der Waals surface area contributed by atoms with Crippen LogP contribution in [0.5, 0.6) is 0 Å². The highest BCUT2D eigenvalue weighted by molar-refractivity contribution is 14.1. The summed E-state index contributed by atoms with van der Waals surface area (Å²) in [6.07, 6.45) is 0. The molecule has 0 aromatic heterocycles. The highest BCUT2D eigenvalue weighted by Crippen LogP contribution is 2.26.